The van der Waals surface area contributed by atoms with Crippen LogP contribution in [-0.2, 0) is 4.74 Å². The van der Waals surface area contributed by atoms with Crippen LogP contribution in [0.25, 0.3) is 11.0 Å². The van der Waals surface area contributed by atoms with Gasteiger partial charge in [-0.05, 0) is 37.3 Å². The molecule has 0 amide bonds. The van der Waals surface area contributed by atoms with Gasteiger partial charge in [0.25, 0.3) is 0 Å². The van der Waals surface area contributed by atoms with Crippen molar-refractivity contribution in [3.8, 4) is 0 Å². The minimum Gasteiger partial charge on any atom is -0.451 e. The summed E-state index contributed by atoms with van der Waals surface area (Å²) in [6.45, 7) is 1.05. The first kappa shape index (κ1) is 15.9. The van der Waals surface area contributed by atoms with Crippen LogP contribution in [0.5, 0.6) is 0 Å². The molecule has 0 fully saturated rings. The number of halogens is 2. The fraction of sp³-hybridized carbons (Fsp3) is 0.111. The Hall–Kier alpha value is -3.02. The van der Waals surface area contributed by atoms with Crippen LogP contribution in [0.1, 0.15) is 26.5 Å². The Kier molecular flexibility index (Phi) is 4.12. The third kappa shape index (κ3) is 3.03. The largest absolute Gasteiger partial charge is 0.451 e. The maximum atomic E-state index is 13.3. The molecular formula is C18H12F2O4. The molecule has 122 valence electrons. The molecular weight excluding hydrogens is 318 g/mol. The monoisotopic (exact) mass is 330 g/mol. The number of ether oxygens (including phenoxy) is 1. The van der Waals surface area contributed by atoms with Crippen LogP contribution in [0.3, 0.4) is 0 Å². The first-order chi connectivity index (χ1) is 11.5. The molecule has 0 N–H and O–H groups in total. The number of ketones is 1. The molecule has 0 spiro atoms. The Morgan fingerprint density at radius 1 is 1.08 bits per heavy atom. The lowest BCUT2D eigenvalue weighted by Crippen LogP contribution is -2.14. The number of rotatable bonds is 4. The summed E-state index contributed by atoms with van der Waals surface area (Å²) in [6.07, 6.45) is 0. The van der Waals surface area contributed by atoms with Crippen molar-refractivity contribution in [2.45, 2.75) is 6.92 Å². The first-order valence-corrected chi connectivity index (χ1v) is 7.10. The molecule has 0 saturated heterocycles. The van der Waals surface area contributed by atoms with Crippen LogP contribution in [0.4, 0.5) is 8.78 Å². The third-order valence-corrected chi connectivity index (χ3v) is 3.56. The lowest BCUT2D eigenvalue weighted by Gasteiger charge is -2.03. The summed E-state index contributed by atoms with van der Waals surface area (Å²) in [5, 5.41) is 0.457. The molecule has 0 bridgehead atoms. The van der Waals surface area contributed by atoms with E-state index in [9.17, 15) is 18.4 Å². The van der Waals surface area contributed by atoms with E-state index in [1.807, 2.05) is 0 Å². The Bertz CT molecular complexity index is 943. The van der Waals surface area contributed by atoms with E-state index in [1.165, 1.54) is 36.4 Å². The molecule has 6 heteroatoms. The quantitative estimate of drug-likeness (QED) is 0.535. The zero-order valence-corrected chi connectivity index (χ0v) is 12.6. The average molecular weight is 330 g/mol. The SMILES string of the molecule is Cc1c(C(=O)OCC(=O)c2cccc(F)c2)oc2ccc(F)cc12. The number of benzene rings is 2. The zero-order chi connectivity index (χ0) is 17.3. The predicted molar refractivity (Wildman–Crippen MR) is 81.9 cm³/mol. The minimum absolute atomic E-state index is 0.0948. The van der Waals surface area contributed by atoms with Gasteiger partial charge < -0.3 is 9.15 Å². The standard InChI is InChI=1S/C18H12F2O4/c1-10-14-8-13(20)5-6-16(14)24-17(10)18(22)23-9-15(21)11-3-2-4-12(19)7-11/h2-8H,9H2,1H3. The second kappa shape index (κ2) is 6.23. The van der Waals surface area contributed by atoms with Crippen LogP contribution < -0.4 is 0 Å². The van der Waals surface area contributed by atoms with Gasteiger partial charge in [-0.15, -0.1) is 0 Å². The maximum Gasteiger partial charge on any atom is 0.375 e. The lowest BCUT2D eigenvalue weighted by atomic mass is 10.1. The lowest BCUT2D eigenvalue weighted by molar-refractivity contribution is 0.0445. The van der Waals surface area contributed by atoms with E-state index in [0.717, 1.165) is 6.07 Å². The number of esters is 1. The average Bonchev–Trinajstić information content (AvgIpc) is 2.89. The van der Waals surface area contributed by atoms with Gasteiger partial charge in [-0.1, -0.05) is 12.1 Å². The molecule has 0 aliphatic rings. The van der Waals surface area contributed by atoms with Crippen molar-refractivity contribution >= 4 is 22.7 Å². The first-order valence-electron chi connectivity index (χ1n) is 7.10. The summed E-state index contributed by atoms with van der Waals surface area (Å²) in [5.74, 6) is -2.48. The van der Waals surface area contributed by atoms with E-state index in [1.54, 1.807) is 6.92 Å². The molecule has 0 atom stereocenters. The van der Waals surface area contributed by atoms with Gasteiger partial charge >= 0.3 is 5.97 Å². The molecule has 24 heavy (non-hydrogen) atoms. The van der Waals surface area contributed by atoms with Crippen LogP contribution in [0.2, 0.25) is 0 Å². The van der Waals surface area contributed by atoms with Gasteiger partial charge in [0.15, 0.2) is 12.4 Å². The number of aryl methyl sites for hydroxylation is 1. The second-order valence-electron chi connectivity index (χ2n) is 5.21. The van der Waals surface area contributed by atoms with Crippen molar-refractivity contribution in [3.05, 3.63) is 71.0 Å². The molecule has 0 unspecified atom stereocenters. The highest BCUT2D eigenvalue weighted by atomic mass is 19.1. The van der Waals surface area contributed by atoms with Gasteiger partial charge in [-0.2, -0.15) is 0 Å². The Morgan fingerprint density at radius 2 is 1.83 bits per heavy atom. The van der Waals surface area contributed by atoms with Gasteiger partial charge in [0.2, 0.25) is 5.76 Å². The number of hydrogen-bond acceptors (Lipinski definition) is 4. The van der Waals surface area contributed by atoms with E-state index in [4.69, 9.17) is 9.15 Å². The van der Waals surface area contributed by atoms with E-state index in [2.05, 4.69) is 0 Å². The number of furan rings is 1. The fourth-order valence-corrected chi connectivity index (χ4v) is 2.33. The van der Waals surface area contributed by atoms with E-state index >= 15 is 0 Å². The number of carbonyl (C=O) groups excluding carboxylic acids is 2. The fourth-order valence-electron chi connectivity index (χ4n) is 2.33. The number of Topliss-reactive ketones (excluding diaryl/α,β-unsaturated/α-hetero) is 1. The molecule has 1 heterocycles. The summed E-state index contributed by atoms with van der Waals surface area (Å²) >= 11 is 0. The topological polar surface area (TPSA) is 56.5 Å². The number of fused-ring (bicyclic) bond motifs is 1. The van der Waals surface area contributed by atoms with Gasteiger partial charge in [0, 0.05) is 16.5 Å². The smallest absolute Gasteiger partial charge is 0.375 e. The molecule has 3 rings (SSSR count). The molecule has 0 aliphatic heterocycles. The summed E-state index contributed by atoms with van der Waals surface area (Å²) in [6, 6.07) is 8.96. The summed E-state index contributed by atoms with van der Waals surface area (Å²) in [7, 11) is 0. The van der Waals surface area contributed by atoms with Gasteiger partial charge in [0.05, 0.1) is 0 Å². The van der Waals surface area contributed by atoms with Crippen molar-refractivity contribution < 1.29 is 27.5 Å². The van der Waals surface area contributed by atoms with Gasteiger partial charge in [0.1, 0.15) is 17.2 Å². The van der Waals surface area contributed by atoms with Gasteiger partial charge in [-0.25, -0.2) is 13.6 Å². The van der Waals surface area contributed by atoms with Crippen molar-refractivity contribution in [3.63, 3.8) is 0 Å². The van der Waals surface area contributed by atoms with Crippen LogP contribution in [0, 0.1) is 18.6 Å². The third-order valence-electron chi connectivity index (χ3n) is 3.56. The van der Waals surface area contributed by atoms with Crippen LogP contribution in [-0.4, -0.2) is 18.4 Å². The van der Waals surface area contributed by atoms with Crippen molar-refractivity contribution in [2.75, 3.05) is 6.61 Å². The summed E-state index contributed by atoms with van der Waals surface area (Å²) in [4.78, 5) is 24.0. The van der Waals surface area contributed by atoms with E-state index in [-0.39, 0.29) is 11.3 Å². The Balaban J connectivity index is 1.76. The van der Waals surface area contributed by atoms with E-state index in [0.29, 0.717) is 16.5 Å². The summed E-state index contributed by atoms with van der Waals surface area (Å²) in [5.41, 5.74) is 0.871. The highest BCUT2D eigenvalue weighted by molar-refractivity contribution is 6.00. The normalized spacial score (nSPS) is 10.8. The number of hydrogen-bond donors (Lipinski definition) is 0. The molecule has 0 aliphatic carbocycles. The Morgan fingerprint density at radius 3 is 2.58 bits per heavy atom. The number of carbonyl (C=O) groups is 2. The van der Waals surface area contributed by atoms with Crippen LogP contribution in [0.15, 0.2) is 46.9 Å². The molecule has 1 aromatic heterocycles. The van der Waals surface area contributed by atoms with Crippen molar-refractivity contribution in [1.29, 1.82) is 0 Å². The van der Waals surface area contributed by atoms with E-state index < -0.39 is 30.0 Å². The molecule has 0 radical (unpaired) electrons. The minimum atomic E-state index is -0.839. The van der Waals surface area contributed by atoms with Crippen molar-refractivity contribution in [2.24, 2.45) is 0 Å². The molecule has 4 nitrogen and oxygen atoms in total. The zero-order valence-electron chi connectivity index (χ0n) is 12.6. The second-order valence-corrected chi connectivity index (χ2v) is 5.21. The van der Waals surface area contributed by atoms with Crippen molar-refractivity contribution in [1.82, 2.24) is 0 Å². The molecule has 3 aromatic rings. The molecule has 0 saturated carbocycles. The molecule has 2 aromatic carbocycles. The highest BCUT2D eigenvalue weighted by Gasteiger charge is 2.20. The summed E-state index contributed by atoms with van der Waals surface area (Å²) < 4.78 is 36.6. The van der Waals surface area contributed by atoms with Crippen LogP contribution >= 0.6 is 0 Å². The Labute approximate surface area is 135 Å². The van der Waals surface area contributed by atoms with Gasteiger partial charge in [-0.3, -0.25) is 4.79 Å². The maximum absolute atomic E-state index is 13.3. The highest BCUT2D eigenvalue weighted by Crippen LogP contribution is 2.26. The predicted octanol–water partition coefficient (Wildman–Crippen LogP) is 4.06.